The second-order valence-electron chi connectivity index (χ2n) is 6.40. The van der Waals surface area contributed by atoms with E-state index in [1.54, 1.807) is 6.07 Å². The Morgan fingerprint density at radius 3 is 2.33 bits per heavy atom. The van der Waals surface area contributed by atoms with Gasteiger partial charge in [-0.25, -0.2) is 8.42 Å². The van der Waals surface area contributed by atoms with Gasteiger partial charge in [0, 0.05) is 0 Å². The van der Waals surface area contributed by atoms with Crippen LogP contribution in [0.3, 0.4) is 0 Å². The standard InChI is InChI=1S/C19H23NO3S/c1-13-8-9-14(2)17(10-13)20-24(21,22)19-12-16-7-5-4-6-15(16)11-18(19)23-3/h8-12,20H,4-7H2,1-3H3. The Morgan fingerprint density at radius 2 is 1.67 bits per heavy atom. The van der Waals surface area contributed by atoms with Gasteiger partial charge in [-0.05, 0) is 80.0 Å². The number of hydrogen-bond donors (Lipinski definition) is 1. The van der Waals surface area contributed by atoms with E-state index in [0.717, 1.165) is 42.4 Å². The summed E-state index contributed by atoms with van der Waals surface area (Å²) in [6.07, 6.45) is 4.15. The van der Waals surface area contributed by atoms with Crippen molar-refractivity contribution in [2.24, 2.45) is 0 Å². The Hall–Kier alpha value is -2.01. The Labute approximate surface area is 143 Å². The predicted molar refractivity (Wildman–Crippen MR) is 96.4 cm³/mol. The largest absolute Gasteiger partial charge is 0.495 e. The van der Waals surface area contributed by atoms with Crippen LogP contribution in [0.4, 0.5) is 5.69 Å². The van der Waals surface area contributed by atoms with Crippen LogP contribution >= 0.6 is 0 Å². The van der Waals surface area contributed by atoms with Crippen LogP contribution in [0.25, 0.3) is 0 Å². The number of rotatable bonds is 4. The summed E-state index contributed by atoms with van der Waals surface area (Å²) >= 11 is 0. The Balaban J connectivity index is 2.04. The normalized spacial score (nSPS) is 14.1. The van der Waals surface area contributed by atoms with Crippen molar-refractivity contribution in [1.82, 2.24) is 0 Å². The van der Waals surface area contributed by atoms with Gasteiger partial charge in [0.2, 0.25) is 0 Å². The monoisotopic (exact) mass is 345 g/mol. The highest BCUT2D eigenvalue weighted by Gasteiger charge is 2.23. The number of sulfonamides is 1. The molecule has 0 bridgehead atoms. The van der Waals surface area contributed by atoms with Crippen molar-refractivity contribution in [2.75, 3.05) is 11.8 Å². The zero-order chi connectivity index (χ0) is 17.3. The van der Waals surface area contributed by atoms with Crippen LogP contribution in [0.15, 0.2) is 35.2 Å². The smallest absolute Gasteiger partial charge is 0.265 e. The van der Waals surface area contributed by atoms with Crippen molar-refractivity contribution in [3.8, 4) is 5.75 Å². The number of methoxy groups -OCH3 is 1. The lowest BCUT2D eigenvalue weighted by atomic mass is 9.92. The lowest BCUT2D eigenvalue weighted by Gasteiger charge is -2.20. The van der Waals surface area contributed by atoms with Gasteiger partial charge in [0.1, 0.15) is 10.6 Å². The topological polar surface area (TPSA) is 55.4 Å². The van der Waals surface area contributed by atoms with Crippen molar-refractivity contribution >= 4 is 15.7 Å². The molecule has 3 rings (SSSR count). The van der Waals surface area contributed by atoms with Crippen LogP contribution in [-0.2, 0) is 22.9 Å². The van der Waals surface area contributed by atoms with Crippen molar-refractivity contribution in [3.63, 3.8) is 0 Å². The molecule has 0 spiro atoms. The minimum Gasteiger partial charge on any atom is -0.495 e. The van der Waals surface area contributed by atoms with E-state index >= 15 is 0 Å². The fourth-order valence-electron chi connectivity index (χ4n) is 3.16. The average molecular weight is 345 g/mol. The van der Waals surface area contributed by atoms with Gasteiger partial charge in [0.05, 0.1) is 12.8 Å². The minimum atomic E-state index is -3.70. The Kier molecular flexibility index (Phi) is 4.54. The number of ether oxygens (including phenoxy) is 1. The van der Waals surface area contributed by atoms with Crippen LogP contribution in [0.5, 0.6) is 5.75 Å². The molecule has 24 heavy (non-hydrogen) atoms. The SMILES string of the molecule is COc1cc2c(cc1S(=O)(=O)Nc1cc(C)ccc1C)CCCC2. The molecule has 0 heterocycles. The van der Waals surface area contributed by atoms with Gasteiger partial charge in [-0.1, -0.05) is 12.1 Å². The molecule has 1 aliphatic rings. The molecule has 0 aromatic heterocycles. The summed E-state index contributed by atoms with van der Waals surface area (Å²) in [7, 11) is -2.19. The zero-order valence-corrected chi connectivity index (χ0v) is 15.2. The van der Waals surface area contributed by atoms with Gasteiger partial charge >= 0.3 is 0 Å². The number of aryl methyl sites for hydroxylation is 4. The van der Waals surface area contributed by atoms with Gasteiger partial charge in [0.25, 0.3) is 10.0 Å². The van der Waals surface area contributed by atoms with Crippen molar-refractivity contribution in [3.05, 3.63) is 52.6 Å². The number of anilines is 1. The first-order valence-electron chi connectivity index (χ1n) is 8.20. The zero-order valence-electron chi connectivity index (χ0n) is 14.3. The Morgan fingerprint density at radius 1 is 1.00 bits per heavy atom. The molecule has 0 saturated heterocycles. The quantitative estimate of drug-likeness (QED) is 0.911. The summed E-state index contributed by atoms with van der Waals surface area (Å²) in [5, 5.41) is 0. The first-order chi connectivity index (χ1) is 11.4. The van der Waals surface area contributed by atoms with Gasteiger partial charge in [-0.15, -0.1) is 0 Å². The van der Waals surface area contributed by atoms with Crippen LogP contribution in [0.1, 0.15) is 35.1 Å². The fraction of sp³-hybridized carbons (Fsp3) is 0.368. The molecule has 128 valence electrons. The van der Waals surface area contributed by atoms with Gasteiger partial charge < -0.3 is 4.74 Å². The van der Waals surface area contributed by atoms with Crippen LogP contribution in [0.2, 0.25) is 0 Å². The Bertz CT molecular complexity index is 872. The van der Waals surface area contributed by atoms with Crippen LogP contribution in [-0.4, -0.2) is 15.5 Å². The van der Waals surface area contributed by atoms with E-state index in [1.807, 2.05) is 38.1 Å². The number of fused-ring (bicyclic) bond motifs is 1. The molecule has 0 atom stereocenters. The molecule has 0 radical (unpaired) electrons. The number of hydrogen-bond acceptors (Lipinski definition) is 3. The van der Waals surface area contributed by atoms with Gasteiger partial charge in [-0.3, -0.25) is 4.72 Å². The number of nitrogens with one attached hydrogen (secondary N) is 1. The number of benzene rings is 2. The summed E-state index contributed by atoms with van der Waals surface area (Å²) < 4.78 is 34.0. The van der Waals surface area contributed by atoms with E-state index in [2.05, 4.69) is 4.72 Å². The maximum Gasteiger partial charge on any atom is 0.265 e. The molecule has 0 aliphatic heterocycles. The summed E-state index contributed by atoms with van der Waals surface area (Å²) in [5.41, 5.74) is 4.82. The third-order valence-corrected chi connectivity index (χ3v) is 5.94. The van der Waals surface area contributed by atoms with Gasteiger partial charge in [-0.2, -0.15) is 0 Å². The van der Waals surface area contributed by atoms with Crippen molar-refractivity contribution in [2.45, 2.75) is 44.4 Å². The molecule has 2 aromatic rings. The predicted octanol–water partition coefficient (Wildman–Crippen LogP) is 3.99. The third kappa shape index (κ3) is 3.26. The van der Waals surface area contributed by atoms with E-state index in [0.29, 0.717) is 11.4 Å². The highest BCUT2D eigenvalue weighted by atomic mass is 32.2. The fourth-order valence-corrected chi connectivity index (χ4v) is 4.48. The maximum atomic E-state index is 12.9. The van der Waals surface area contributed by atoms with E-state index < -0.39 is 10.0 Å². The molecular weight excluding hydrogens is 322 g/mol. The van der Waals surface area contributed by atoms with Crippen LogP contribution < -0.4 is 9.46 Å². The molecule has 1 N–H and O–H groups in total. The van der Waals surface area contributed by atoms with Gasteiger partial charge in [0.15, 0.2) is 0 Å². The minimum absolute atomic E-state index is 0.214. The van der Waals surface area contributed by atoms with Crippen LogP contribution in [0, 0.1) is 13.8 Å². The molecule has 5 heteroatoms. The second-order valence-corrected chi connectivity index (χ2v) is 8.05. The molecule has 0 amide bonds. The molecule has 1 aliphatic carbocycles. The highest BCUT2D eigenvalue weighted by molar-refractivity contribution is 7.92. The highest BCUT2D eigenvalue weighted by Crippen LogP contribution is 2.33. The maximum absolute atomic E-state index is 12.9. The molecule has 0 fully saturated rings. The van der Waals surface area contributed by atoms with E-state index in [1.165, 1.54) is 12.7 Å². The van der Waals surface area contributed by atoms with Crippen molar-refractivity contribution < 1.29 is 13.2 Å². The van der Waals surface area contributed by atoms with Crippen molar-refractivity contribution in [1.29, 1.82) is 0 Å². The summed E-state index contributed by atoms with van der Waals surface area (Å²) in [5.74, 6) is 0.411. The summed E-state index contributed by atoms with van der Waals surface area (Å²) in [6.45, 7) is 3.83. The van der Waals surface area contributed by atoms with E-state index in [9.17, 15) is 8.42 Å². The second kappa shape index (κ2) is 6.48. The average Bonchev–Trinajstić information content (AvgIpc) is 2.56. The molecule has 2 aromatic carbocycles. The lowest BCUT2D eigenvalue weighted by Crippen LogP contribution is -2.16. The first kappa shape index (κ1) is 16.8. The summed E-state index contributed by atoms with van der Waals surface area (Å²) in [4.78, 5) is 0.214. The molecule has 0 unspecified atom stereocenters. The molecular formula is C19H23NO3S. The first-order valence-corrected chi connectivity index (χ1v) is 9.69. The third-order valence-electron chi connectivity index (χ3n) is 4.56. The molecule has 4 nitrogen and oxygen atoms in total. The van der Waals surface area contributed by atoms with E-state index in [4.69, 9.17) is 4.74 Å². The lowest BCUT2D eigenvalue weighted by molar-refractivity contribution is 0.401. The molecule has 0 saturated carbocycles. The van der Waals surface area contributed by atoms with E-state index in [-0.39, 0.29) is 4.90 Å². The summed E-state index contributed by atoms with van der Waals surface area (Å²) in [6, 6.07) is 9.38.